The zero-order valence-electron chi connectivity index (χ0n) is 12.3. The molecule has 0 radical (unpaired) electrons. The van der Waals surface area contributed by atoms with Crippen LogP contribution >= 0.6 is 0 Å². The molecule has 5 nitrogen and oxygen atoms in total. The molecule has 0 heterocycles. The fraction of sp³-hybridized carbons (Fsp3) is 0.176. The highest BCUT2D eigenvalue weighted by Gasteiger charge is 2.06. The van der Waals surface area contributed by atoms with Crippen LogP contribution in [0.5, 0.6) is 5.75 Å². The summed E-state index contributed by atoms with van der Waals surface area (Å²) in [5.41, 5.74) is 1.28. The molecule has 5 heteroatoms. The van der Waals surface area contributed by atoms with Crippen molar-refractivity contribution in [2.75, 3.05) is 19.0 Å². The lowest BCUT2D eigenvalue weighted by molar-refractivity contribution is -0.116. The van der Waals surface area contributed by atoms with Gasteiger partial charge in [-0.05, 0) is 36.4 Å². The normalized spacial score (nSPS) is 9.86. The Labute approximate surface area is 129 Å². The van der Waals surface area contributed by atoms with Crippen LogP contribution in [0.3, 0.4) is 0 Å². The van der Waals surface area contributed by atoms with Gasteiger partial charge in [0.05, 0.1) is 7.11 Å². The maximum absolute atomic E-state index is 11.8. The lowest BCUT2D eigenvalue weighted by atomic mass is 10.2. The lowest BCUT2D eigenvalue weighted by Gasteiger charge is -2.07. The number of ether oxygens (including phenoxy) is 1. The largest absolute Gasteiger partial charge is 0.497 e. The summed E-state index contributed by atoms with van der Waals surface area (Å²) in [4.78, 5) is 23.6. The van der Waals surface area contributed by atoms with Crippen molar-refractivity contribution < 1.29 is 14.3 Å². The van der Waals surface area contributed by atoms with Crippen LogP contribution in [0.25, 0.3) is 0 Å². The Morgan fingerprint density at radius 2 is 1.68 bits per heavy atom. The van der Waals surface area contributed by atoms with Gasteiger partial charge in [0.2, 0.25) is 5.91 Å². The third-order valence-electron chi connectivity index (χ3n) is 3.05. The molecule has 114 valence electrons. The molecule has 0 fully saturated rings. The number of rotatable bonds is 6. The Morgan fingerprint density at radius 3 is 2.32 bits per heavy atom. The van der Waals surface area contributed by atoms with Crippen molar-refractivity contribution in [3.8, 4) is 5.75 Å². The molecule has 22 heavy (non-hydrogen) atoms. The number of hydrogen-bond donors (Lipinski definition) is 2. The average molecular weight is 298 g/mol. The zero-order valence-corrected chi connectivity index (χ0v) is 12.3. The summed E-state index contributed by atoms with van der Waals surface area (Å²) < 4.78 is 5.05. The molecule has 2 N–H and O–H groups in total. The first kappa shape index (κ1) is 15.6. The van der Waals surface area contributed by atoms with Gasteiger partial charge in [-0.1, -0.05) is 18.2 Å². The van der Waals surface area contributed by atoms with Crippen LogP contribution in [0.4, 0.5) is 5.69 Å². The van der Waals surface area contributed by atoms with Crippen LogP contribution in [-0.2, 0) is 4.79 Å². The summed E-state index contributed by atoms with van der Waals surface area (Å²) in [7, 11) is 1.59. The average Bonchev–Trinajstić information content (AvgIpc) is 2.56. The topological polar surface area (TPSA) is 67.4 Å². The Kier molecular flexibility index (Phi) is 5.54. The van der Waals surface area contributed by atoms with Gasteiger partial charge in [0.15, 0.2) is 0 Å². The SMILES string of the molecule is COc1ccc(NC(=O)CCNC(=O)c2ccccc2)cc1. The number of benzene rings is 2. The van der Waals surface area contributed by atoms with Crippen LogP contribution in [0.1, 0.15) is 16.8 Å². The predicted octanol–water partition coefficient (Wildman–Crippen LogP) is 2.45. The second kappa shape index (κ2) is 7.83. The maximum Gasteiger partial charge on any atom is 0.251 e. The molecule has 0 aliphatic rings. The first-order chi connectivity index (χ1) is 10.7. The number of anilines is 1. The van der Waals surface area contributed by atoms with E-state index < -0.39 is 0 Å². The molecule has 2 aromatic carbocycles. The van der Waals surface area contributed by atoms with Gasteiger partial charge >= 0.3 is 0 Å². The summed E-state index contributed by atoms with van der Waals surface area (Å²) in [6, 6.07) is 16.0. The van der Waals surface area contributed by atoms with E-state index in [2.05, 4.69) is 10.6 Å². The number of methoxy groups -OCH3 is 1. The third kappa shape index (κ3) is 4.63. The molecule has 0 aliphatic heterocycles. The summed E-state index contributed by atoms with van der Waals surface area (Å²) in [6.45, 7) is 0.287. The summed E-state index contributed by atoms with van der Waals surface area (Å²) >= 11 is 0. The molecular weight excluding hydrogens is 280 g/mol. The van der Waals surface area contributed by atoms with Crippen molar-refractivity contribution >= 4 is 17.5 Å². The predicted molar refractivity (Wildman–Crippen MR) is 85.0 cm³/mol. The highest BCUT2D eigenvalue weighted by molar-refractivity contribution is 5.95. The van der Waals surface area contributed by atoms with Crippen molar-refractivity contribution in [2.45, 2.75) is 6.42 Å². The van der Waals surface area contributed by atoms with Gasteiger partial charge in [-0.25, -0.2) is 0 Å². The van der Waals surface area contributed by atoms with E-state index >= 15 is 0 Å². The van der Waals surface area contributed by atoms with Gasteiger partial charge in [-0.2, -0.15) is 0 Å². The van der Waals surface area contributed by atoms with E-state index in [0.717, 1.165) is 5.75 Å². The van der Waals surface area contributed by atoms with Crippen LogP contribution < -0.4 is 15.4 Å². The van der Waals surface area contributed by atoms with E-state index in [1.165, 1.54) is 0 Å². The van der Waals surface area contributed by atoms with Gasteiger partial charge in [0.25, 0.3) is 5.91 Å². The first-order valence-corrected chi connectivity index (χ1v) is 6.96. The van der Waals surface area contributed by atoms with E-state index in [1.54, 1.807) is 55.6 Å². The van der Waals surface area contributed by atoms with Crippen molar-refractivity contribution in [1.82, 2.24) is 5.32 Å². The standard InChI is InChI=1S/C17H18N2O3/c1-22-15-9-7-14(8-10-15)19-16(20)11-12-18-17(21)13-5-3-2-4-6-13/h2-10H,11-12H2,1H3,(H,18,21)(H,19,20). The number of carbonyl (C=O) groups is 2. The number of carbonyl (C=O) groups excluding carboxylic acids is 2. The third-order valence-corrected chi connectivity index (χ3v) is 3.05. The van der Waals surface area contributed by atoms with E-state index in [-0.39, 0.29) is 24.8 Å². The van der Waals surface area contributed by atoms with E-state index in [0.29, 0.717) is 11.3 Å². The quantitative estimate of drug-likeness (QED) is 0.861. The van der Waals surface area contributed by atoms with Gasteiger partial charge < -0.3 is 15.4 Å². The lowest BCUT2D eigenvalue weighted by Crippen LogP contribution is -2.27. The van der Waals surface area contributed by atoms with E-state index in [4.69, 9.17) is 4.74 Å². The monoisotopic (exact) mass is 298 g/mol. The number of hydrogen-bond acceptors (Lipinski definition) is 3. The summed E-state index contributed by atoms with van der Waals surface area (Å²) in [5.74, 6) is 0.393. The minimum Gasteiger partial charge on any atom is -0.497 e. The van der Waals surface area contributed by atoms with Crippen molar-refractivity contribution in [3.05, 3.63) is 60.2 Å². The van der Waals surface area contributed by atoms with Crippen LogP contribution in [-0.4, -0.2) is 25.5 Å². The smallest absolute Gasteiger partial charge is 0.251 e. The van der Waals surface area contributed by atoms with Crippen LogP contribution in [0.15, 0.2) is 54.6 Å². The molecule has 2 rings (SSSR count). The van der Waals surface area contributed by atoms with Crippen molar-refractivity contribution in [2.24, 2.45) is 0 Å². The molecule has 0 unspecified atom stereocenters. The highest BCUT2D eigenvalue weighted by Crippen LogP contribution is 2.14. The maximum atomic E-state index is 11.8. The minimum absolute atomic E-state index is 0.154. The van der Waals surface area contributed by atoms with E-state index in [9.17, 15) is 9.59 Å². The van der Waals surface area contributed by atoms with Crippen molar-refractivity contribution in [3.63, 3.8) is 0 Å². The fourth-order valence-corrected chi connectivity index (χ4v) is 1.88. The Bertz CT molecular complexity index is 624. The van der Waals surface area contributed by atoms with E-state index in [1.807, 2.05) is 6.07 Å². The molecule has 0 atom stereocenters. The summed E-state index contributed by atoms with van der Waals surface area (Å²) in [5, 5.41) is 5.48. The van der Waals surface area contributed by atoms with Crippen molar-refractivity contribution in [1.29, 1.82) is 0 Å². The molecule has 0 aliphatic carbocycles. The Balaban J connectivity index is 1.74. The number of amides is 2. The van der Waals surface area contributed by atoms with Crippen LogP contribution in [0.2, 0.25) is 0 Å². The molecule has 2 aromatic rings. The zero-order chi connectivity index (χ0) is 15.8. The Morgan fingerprint density at radius 1 is 1.00 bits per heavy atom. The molecule has 0 aromatic heterocycles. The fourth-order valence-electron chi connectivity index (χ4n) is 1.88. The Hall–Kier alpha value is -2.82. The highest BCUT2D eigenvalue weighted by atomic mass is 16.5. The molecule has 0 saturated heterocycles. The summed E-state index contributed by atoms with van der Waals surface area (Å²) in [6.07, 6.45) is 0.213. The molecular formula is C17H18N2O3. The van der Waals surface area contributed by atoms with Gasteiger partial charge in [0.1, 0.15) is 5.75 Å². The van der Waals surface area contributed by atoms with Gasteiger partial charge in [0, 0.05) is 24.2 Å². The van der Waals surface area contributed by atoms with Crippen LogP contribution in [0, 0.1) is 0 Å². The minimum atomic E-state index is -0.183. The number of nitrogens with one attached hydrogen (secondary N) is 2. The molecule has 2 amide bonds. The molecule has 0 bridgehead atoms. The van der Waals surface area contributed by atoms with Gasteiger partial charge in [-0.15, -0.1) is 0 Å². The first-order valence-electron chi connectivity index (χ1n) is 6.96. The second-order valence-electron chi connectivity index (χ2n) is 4.65. The second-order valence-corrected chi connectivity index (χ2v) is 4.65. The van der Waals surface area contributed by atoms with Gasteiger partial charge in [-0.3, -0.25) is 9.59 Å². The molecule has 0 spiro atoms. The molecule has 0 saturated carbocycles.